The van der Waals surface area contributed by atoms with Gasteiger partial charge < -0.3 is 1.43 Å². The molecule has 0 unspecified atom stereocenters. The summed E-state index contributed by atoms with van der Waals surface area (Å²) in [5.41, 5.74) is 2.87. The van der Waals surface area contributed by atoms with Crippen LogP contribution >= 0.6 is 0 Å². The van der Waals surface area contributed by atoms with Crippen LogP contribution in [0.3, 0.4) is 0 Å². The van der Waals surface area contributed by atoms with E-state index in [-0.39, 0.29) is 59.1 Å². The Hall–Kier alpha value is -2.18. The predicted octanol–water partition coefficient (Wildman–Crippen LogP) is 1.69. The summed E-state index contributed by atoms with van der Waals surface area (Å²) < 4.78 is 66.1. The van der Waals surface area contributed by atoms with E-state index in [1.54, 1.807) is 19.1 Å². The summed E-state index contributed by atoms with van der Waals surface area (Å²) in [6.07, 6.45) is -4.57. The van der Waals surface area contributed by atoms with Crippen LogP contribution in [0.15, 0.2) is 59.5 Å². The van der Waals surface area contributed by atoms with Crippen LogP contribution in [0.2, 0.25) is 0 Å². The standard InChI is InChI=1S/C23H25F3N4O3S.Na.H/c1-5-21(31)27-29-34(32,33)18-12-10-17(11-13-18)30-19(14-20(28-30)23(24,25)26)15-6-8-16(9-7-15)22(2,3)4;;/h6-14,29H,5H2,1-4H3,(H,27,31);;/q;+1;-1. The molecule has 184 valence electrons. The van der Waals surface area contributed by atoms with Gasteiger partial charge in [-0.25, -0.2) is 13.1 Å². The summed E-state index contributed by atoms with van der Waals surface area (Å²) in [4.78, 5) is 13.1. The van der Waals surface area contributed by atoms with Crippen LogP contribution in [0.25, 0.3) is 16.9 Å². The Morgan fingerprint density at radius 2 is 1.60 bits per heavy atom. The normalized spacial score (nSPS) is 12.2. The van der Waals surface area contributed by atoms with Crippen molar-refractivity contribution in [2.75, 3.05) is 0 Å². The van der Waals surface area contributed by atoms with Gasteiger partial charge in [-0.2, -0.15) is 18.3 Å². The van der Waals surface area contributed by atoms with Gasteiger partial charge in [-0.15, -0.1) is 4.83 Å². The number of benzene rings is 2. The van der Waals surface area contributed by atoms with E-state index in [1.807, 2.05) is 37.7 Å². The molecule has 35 heavy (non-hydrogen) atoms. The van der Waals surface area contributed by atoms with E-state index >= 15 is 0 Å². The van der Waals surface area contributed by atoms with E-state index in [1.165, 1.54) is 24.3 Å². The van der Waals surface area contributed by atoms with E-state index in [0.717, 1.165) is 16.3 Å². The molecule has 0 aliphatic carbocycles. The Morgan fingerprint density at radius 1 is 1.03 bits per heavy atom. The molecule has 1 heterocycles. The maximum Gasteiger partial charge on any atom is 1.00 e. The molecule has 0 spiro atoms. The van der Waals surface area contributed by atoms with Crippen LogP contribution in [0.5, 0.6) is 0 Å². The molecule has 0 aliphatic rings. The van der Waals surface area contributed by atoms with Gasteiger partial charge in [0, 0.05) is 12.0 Å². The second kappa shape index (κ2) is 10.8. The zero-order valence-corrected chi connectivity index (χ0v) is 22.9. The average molecular weight is 519 g/mol. The molecule has 0 fully saturated rings. The number of halogens is 3. The predicted molar refractivity (Wildman–Crippen MR) is 123 cm³/mol. The van der Waals surface area contributed by atoms with Crippen molar-refractivity contribution in [1.29, 1.82) is 0 Å². The Labute approximate surface area is 225 Å². The fourth-order valence-corrected chi connectivity index (χ4v) is 3.96. The number of nitrogens with zero attached hydrogens (tertiary/aromatic N) is 2. The molecular weight excluding hydrogens is 492 g/mol. The fraction of sp³-hybridized carbons (Fsp3) is 0.304. The van der Waals surface area contributed by atoms with Crippen molar-refractivity contribution in [3.8, 4) is 16.9 Å². The van der Waals surface area contributed by atoms with Gasteiger partial charge in [0.2, 0.25) is 5.91 Å². The van der Waals surface area contributed by atoms with Gasteiger partial charge >= 0.3 is 35.7 Å². The number of aromatic nitrogens is 2. The molecule has 0 aliphatic heterocycles. The van der Waals surface area contributed by atoms with Gasteiger partial charge in [-0.3, -0.25) is 10.2 Å². The molecule has 0 saturated carbocycles. The van der Waals surface area contributed by atoms with Gasteiger partial charge in [-0.05, 0) is 41.3 Å². The van der Waals surface area contributed by atoms with E-state index in [9.17, 15) is 26.4 Å². The van der Waals surface area contributed by atoms with Crippen LogP contribution in [0, 0.1) is 0 Å². The zero-order chi connectivity index (χ0) is 25.3. The van der Waals surface area contributed by atoms with E-state index < -0.39 is 27.8 Å². The number of hydrogen-bond donors (Lipinski definition) is 2. The third-order valence-corrected chi connectivity index (χ3v) is 6.35. The first-order valence-electron chi connectivity index (χ1n) is 10.4. The topological polar surface area (TPSA) is 93.1 Å². The monoisotopic (exact) mass is 518 g/mol. The Bertz CT molecular complexity index is 1290. The molecule has 3 aromatic rings. The molecule has 0 saturated heterocycles. The van der Waals surface area contributed by atoms with Crippen molar-refractivity contribution in [1.82, 2.24) is 20.0 Å². The van der Waals surface area contributed by atoms with Crippen molar-refractivity contribution in [3.05, 3.63) is 65.9 Å². The van der Waals surface area contributed by atoms with Crippen molar-refractivity contribution in [2.24, 2.45) is 0 Å². The first-order chi connectivity index (χ1) is 15.7. The number of alkyl halides is 3. The van der Waals surface area contributed by atoms with Crippen LogP contribution < -0.4 is 39.8 Å². The summed E-state index contributed by atoms with van der Waals surface area (Å²) in [6, 6.07) is 13.2. The summed E-state index contributed by atoms with van der Waals surface area (Å²) >= 11 is 0. The average Bonchev–Trinajstić information content (AvgIpc) is 3.23. The van der Waals surface area contributed by atoms with Crippen LogP contribution in [-0.4, -0.2) is 24.1 Å². The maximum absolute atomic E-state index is 13.4. The van der Waals surface area contributed by atoms with Crippen molar-refractivity contribution >= 4 is 15.9 Å². The summed E-state index contributed by atoms with van der Waals surface area (Å²) in [7, 11) is -4.06. The quantitative estimate of drug-likeness (QED) is 0.384. The first-order valence-corrected chi connectivity index (χ1v) is 11.9. The minimum absolute atomic E-state index is 0. The molecule has 0 atom stereocenters. The van der Waals surface area contributed by atoms with Crippen LogP contribution in [0.4, 0.5) is 13.2 Å². The molecule has 7 nitrogen and oxygen atoms in total. The molecule has 1 aromatic heterocycles. The molecule has 3 rings (SSSR count). The number of hydrazine groups is 1. The third kappa shape index (κ3) is 6.95. The van der Waals surface area contributed by atoms with Crippen LogP contribution in [-0.2, 0) is 26.4 Å². The second-order valence-electron chi connectivity index (χ2n) is 8.65. The van der Waals surface area contributed by atoms with Gasteiger partial charge in [0.1, 0.15) is 0 Å². The molecule has 0 bridgehead atoms. The zero-order valence-electron chi connectivity index (χ0n) is 21.1. The van der Waals surface area contributed by atoms with Crippen LogP contribution in [0.1, 0.15) is 46.8 Å². The van der Waals surface area contributed by atoms with E-state index in [2.05, 4.69) is 10.5 Å². The maximum atomic E-state index is 13.4. The van der Waals surface area contributed by atoms with Gasteiger partial charge in [0.25, 0.3) is 10.0 Å². The Kier molecular flexibility index (Phi) is 8.99. The molecule has 0 radical (unpaired) electrons. The van der Waals surface area contributed by atoms with Gasteiger partial charge in [-0.1, -0.05) is 52.0 Å². The number of amides is 1. The largest absolute Gasteiger partial charge is 1.00 e. The SMILES string of the molecule is CCC(=O)NNS(=O)(=O)c1ccc(-n2nc(C(F)(F)F)cc2-c2ccc(C(C)(C)C)cc2)cc1.[H-].[Na+]. The van der Waals surface area contributed by atoms with E-state index in [4.69, 9.17) is 0 Å². The Morgan fingerprint density at radius 3 is 2.09 bits per heavy atom. The summed E-state index contributed by atoms with van der Waals surface area (Å²) in [5.74, 6) is -0.515. The number of rotatable bonds is 6. The first kappa shape index (κ1) is 29.1. The molecule has 1 amide bonds. The van der Waals surface area contributed by atoms with Crippen molar-refractivity contribution < 1.29 is 57.4 Å². The number of nitrogens with one attached hydrogen (secondary N) is 2. The number of sulfonamides is 1. The van der Waals surface area contributed by atoms with Gasteiger partial charge in [0.05, 0.1) is 16.3 Å². The van der Waals surface area contributed by atoms with E-state index in [0.29, 0.717) is 5.56 Å². The molecule has 2 aromatic carbocycles. The van der Waals surface area contributed by atoms with Crippen molar-refractivity contribution in [3.63, 3.8) is 0 Å². The Balaban J connectivity index is 0.00000324. The number of carbonyl (C=O) groups excluding carboxylic acids is 1. The number of carbonyl (C=O) groups is 1. The molecule has 2 N–H and O–H groups in total. The summed E-state index contributed by atoms with van der Waals surface area (Å²) in [5, 5.41) is 3.73. The third-order valence-electron chi connectivity index (χ3n) is 5.08. The fourth-order valence-electron chi connectivity index (χ4n) is 3.10. The molecular formula is C23H26F3N4NaO3S. The summed E-state index contributed by atoms with van der Waals surface area (Å²) in [6.45, 7) is 7.66. The smallest absolute Gasteiger partial charge is 1.00 e. The minimum atomic E-state index is -4.66. The van der Waals surface area contributed by atoms with Gasteiger partial charge in [0.15, 0.2) is 5.69 Å². The number of hydrogen-bond acceptors (Lipinski definition) is 4. The van der Waals surface area contributed by atoms with Crippen molar-refractivity contribution in [2.45, 2.75) is 50.6 Å². The second-order valence-corrected chi connectivity index (χ2v) is 10.3. The minimum Gasteiger partial charge on any atom is -1.00 e. The molecule has 12 heteroatoms.